The number of urea groups is 2. The van der Waals surface area contributed by atoms with Gasteiger partial charge in [-0.15, -0.1) is 0 Å². The first-order chi connectivity index (χ1) is 38.4. The number of piperidine rings is 2. The summed E-state index contributed by atoms with van der Waals surface area (Å²) in [6.45, 7) is 8.63. The van der Waals surface area contributed by atoms with Crippen LogP contribution in [0.1, 0.15) is 139 Å². The van der Waals surface area contributed by atoms with E-state index < -0.39 is 11.5 Å². The van der Waals surface area contributed by atoms with Crippen molar-refractivity contribution in [3.8, 4) is 5.75 Å². The number of methoxy groups -OCH3 is 1. The lowest BCUT2D eigenvalue weighted by atomic mass is 9.63. The van der Waals surface area contributed by atoms with Gasteiger partial charge in [-0.1, -0.05) is 75.8 Å². The molecule has 2 aromatic carbocycles. The van der Waals surface area contributed by atoms with E-state index in [9.17, 15) is 24.0 Å². The smallest absolute Gasteiger partial charge is 0.319 e. The molecule has 18 nitrogen and oxygen atoms in total. The van der Waals surface area contributed by atoms with Crippen LogP contribution >= 0.6 is 0 Å². The second kappa shape index (κ2) is 30.2. The molecule has 18 heteroatoms. The number of nitrogens with zero attached hydrogens (tertiary/aromatic N) is 6. The van der Waals surface area contributed by atoms with Crippen LogP contribution in [0.15, 0.2) is 73.6 Å². The van der Waals surface area contributed by atoms with Crippen LogP contribution in [0, 0.1) is 17.3 Å². The molecule has 0 spiro atoms. The lowest BCUT2D eigenvalue weighted by molar-refractivity contribution is -0.166. The van der Waals surface area contributed by atoms with Crippen LogP contribution in [0.4, 0.5) is 15.3 Å². The zero-order chi connectivity index (χ0) is 56.0. The zero-order valence-electron chi connectivity index (χ0n) is 47.9. The van der Waals surface area contributed by atoms with Crippen molar-refractivity contribution in [2.24, 2.45) is 31.3 Å². The maximum atomic E-state index is 13.9. The molecule has 8 rings (SSSR count). The van der Waals surface area contributed by atoms with Crippen molar-refractivity contribution < 1.29 is 38.2 Å². The number of benzene rings is 2. The second-order valence-electron chi connectivity index (χ2n) is 22.2. The largest absolute Gasteiger partial charge is 0.497 e. The Morgan fingerprint density at radius 2 is 1.28 bits per heavy atom. The summed E-state index contributed by atoms with van der Waals surface area (Å²) in [6, 6.07) is 14.0. The predicted octanol–water partition coefficient (Wildman–Crippen LogP) is 8.72. The third-order valence-electron chi connectivity index (χ3n) is 17.2. The number of ether oxygens (including phenoxy) is 3. The Kier molecular flexibility index (Phi) is 23.0. The minimum absolute atomic E-state index is 0.0367. The average Bonchev–Trinajstić information content (AvgIpc) is 4.22. The van der Waals surface area contributed by atoms with Crippen molar-refractivity contribution in [1.82, 2.24) is 44.9 Å². The van der Waals surface area contributed by atoms with Gasteiger partial charge in [0.1, 0.15) is 11.8 Å². The van der Waals surface area contributed by atoms with Crippen molar-refractivity contribution in [2.45, 2.75) is 154 Å². The number of hydrogen-bond donors (Lipinski definition) is 4. The van der Waals surface area contributed by atoms with E-state index in [1.165, 1.54) is 51.4 Å². The topological polar surface area (TPSA) is 203 Å². The molecule has 2 aliphatic carbocycles. The van der Waals surface area contributed by atoms with Crippen molar-refractivity contribution in [1.29, 1.82) is 0 Å². The summed E-state index contributed by atoms with van der Waals surface area (Å²) in [6.07, 6.45) is 25.8. The SMILES string of the molecule is CCCOC1(C2CCCCC2)CCN(C(=O)[C@@H](Cc2ccc(OC)cc2)NC(=O)NCCc2cncn2C)CC1.CCOC(=O)C1(C2CCCCC2)CCN(C(=O)CCc2ccccc2NC(=O)NCCc2cncn2C)CC1. The number of amides is 6. The standard InChI is InChI=1S/C31H47N5O4.C30H43N5O4/c1-4-20-40-31(25-8-6-5-7-9-25)15-18-36(19-16-31)29(37)28(21-24-10-12-27(39-3)13-11-24)34-30(38)33-17-14-26-22-32-23-35(26)2;1-3-39-28(37)30(24-10-5-4-6-11-24)16-19-35(20-17-30)27(36)14-13-23-9-7-8-12-26(23)33-29(38)32-18-15-25-21-31-22-34(25)2/h10-13,22-23,25,28H,4-9,14-21H2,1-3H3,(H2,33,34,38);7-9,12,21-22,24H,3-6,10-11,13-20H2,1-2H3,(H2,32,33,38)/t28-;/m1./s1. The molecule has 4 aromatic rings. The van der Waals surface area contributed by atoms with Gasteiger partial charge in [-0.25, -0.2) is 19.6 Å². The average molecular weight is 1090 g/mol. The summed E-state index contributed by atoms with van der Waals surface area (Å²) in [5, 5.41) is 11.7. The van der Waals surface area contributed by atoms with E-state index in [1.807, 2.05) is 88.5 Å². The van der Waals surface area contributed by atoms with Gasteiger partial charge in [0.05, 0.1) is 37.4 Å². The molecule has 2 aliphatic heterocycles. The minimum atomic E-state index is -0.663. The van der Waals surface area contributed by atoms with Gasteiger partial charge < -0.3 is 54.4 Å². The van der Waals surface area contributed by atoms with Crippen LogP contribution < -0.4 is 26.0 Å². The molecular formula is C61H90N10O8. The Morgan fingerprint density at radius 3 is 1.85 bits per heavy atom. The van der Waals surface area contributed by atoms with Crippen molar-refractivity contribution in [3.05, 3.63) is 96.1 Å². The van der Waals surface area contributed by atoms with Crippen molar-refractivity contribution in [2.75, 3.05) is 64.9 Å². The Morgan fingerprint density at radius 1 is 0.696 bits per heavy atom. The molecule has 4 fully saturated rings. The molecule has 79 heavy (non-hydrogen) atoms. The molecule has 1 atom stereocenters. The Balaban J connectivity index is 0.000000229. The summed E-state index contributed by atoms with van der Waals surface area (Å²) in [5.41, 5.74) is 4.10. The van der Waals surface area contributed by atoms with E-state index in [0.29, 0.717) is 108 Å². The van der Waals surface area contributed by atoms with Gasteiger partial charge in [-0.3, -0.25) is 14.4 Å². The maximum Gasteiger partial charge on any atom is 0.319 e. The molecule has 6 amide bonds. The number of likely N-dealkylation sites (tertiary alicyclic amines) is 2. The van der Waals surface area contributed by atoms with Crippen LogP contribution in [0.25, 0.3) is 0 Å². The minimum Gasteiger partial charge on any atom is -0.497 e. The van der Waals surface area contributed by atoms with E-state index in [2.05, 4.69) is 38.2 Å². The Hall–Kier alpha value is -6.43. The van der Waals surface area contributed by atoms with Gasteiger partial charge in [-0.05, 0) is 112 Å². The highest BCUT2D eigenvalue weighted by atomic mass is 16.5. The van der Waals surface area contributed by atoms with Gasteiger partial charge in [0.2, 0.25) is 11.8 Å². The summed E-state index contributed by atoms with van der Waals surface area (Å²) >= 11 is 0. The molecule has 0 bridgehead atoms. The van der Waals surface area contributed by atoms with Gasteiger partial charge >= 0.3 is 18.0 Å². The molecule has 432 valence electrons. The number of imidazole rings is 2. The third kappa shape index (κ3) is 16.8. The number of aryl methyl sites for hydroxylation is 3. The lowest BCUT2D eigenvalue weighted by Gasteiger charge is -2.48. The number of carbonyl (C=O) groups is 5. The van der Waals surface area contributed by atoms with Crippen molar-refractivity contribution in [3.63, 3.8) is 0 Å². The first kappa shape index (κ1) is 60.2. The Labute approximate surface area is 468 Å². The summed E-state index contributed by atoms with van der Waals surface area (Å²) < 4.78 is 21.3. The van der Waals surface area contributed by atoms with E-state index >= 15 is 0 Å². The van der Waals surface area contributed by atoms with Gasteiger partial charge in [0.25, 0.3) is 0 Å². The van der Waals surface area contributed by atoms with E-state index in [0.717, 1.165) is 67.0 Å². The molecule has 2 saturated heterocycles. The van der Waals surface area contributed by atoms with E-state index in [-0.39, 0.29) is 35.4 Å². The van der Waals surface area contributed by atoms with Crippen LogP contribution in [-0.4, -0.2) is 130 Å². The number of carbonyl (C=O) groups excluding carboxylic acids is 5. The fourth-order valence-corrected chi connectivity index (χ4v) is 12.5. The number of para-hydroxylation sites is 1. The summed E-state index contributed by atoms with van der Waals surface area (Å²) in [7, 11) is 5.49. The molecule has 0 unspecified atom stereocenters. The lowest BCUT2D eigenvalue weighted by Crippen LogP contribution is -2.57. The highest BCUT2D eigenvalue weighted by Crippen LogP contribution is 2.47. The van der Waals surface area contributed by atoms with E-state index in [4.69, 9.17) is 14.2 Å². The quantitative estimate of drug-likeness (QED) is 0.0552. The number of rotatable bonds is 22. The van der Waals surface area contributed by atoms with Gasteiger partial charge in [-0.2, -0.15) is 0 Å². The zero-order valence-corrected chi connectivity index (χ0v) is 47.9. The van der Waals surface area contributed by atoms with Gasteiger partial charge in [0, 0.05) is 115 Å². The van der Waals surface area contributed by atoms with E-state index in [1.54, 1.807) is 32.2 Å². The molecule has 4 N–H and O–H groups in total. The first-order valence-corrected chi connectivity index (χ1v) is 29.4. The number of hydrogen-bond acceptors (Lipinski definition) is 10. The highest BCUT2D eigenvalue weighted by molar-refractivity contribution is 5.90. The predicted molar refractivity (Wildman–Crippen MR) is 305 cm³/mol. The number of aromatic nitrogens is 4. The van der Waals surface area contributed by atoms with Crippen molar-refractivity contribution >= 4 is 35.5 Å². The Bertz CT molecular complexity index is 2540. The molecule has 4 aliphatic rings. The third-order valence-corrected chi connectivity index (χ3v) is 17.2. The summed E-state index contributed by atoms with van der Waals surface area (Å²) in [5.74, 6) is 1.67. The molecule has 4 heterocycles. The van der Waals surface area contributed by atoms with Crippen LogP contribution in [-0.2, 0) is 63.6 Å². The fourth-order valence-electron chi connectivity index (χ4n) is 12.5. The number of nitrogens with one attached hydrogen (secondary N) is 4. The second-order valence-corrected chi connectivity index (χ2v) is 22.2. The van der Waals surface area contributed by atoms with Crippen LogP contribution in [0.3, 0.4) is 0 Å². The first-order valence-electron chi connectivity index (χ1n) is 29.4. The highest BCUT2D eigenvalue weighted by Gasteiger charge is 2.49. The molecule has 2 aromatic heterocycles. The van der Waals surface area contributed by atoms with Gasteiger partial charge in [0.15, 0.2) is 0 Å². The normalized spacial score (nSPS) is 17.8. The van der Waals surface area contributed by atoms with Crippen LogP contribution in [0.5, 0.6) is 5.75 Å². The van der Waals surface area contributed by atoms with Crippen LogP contribution in [0.2, 0.25) is 0 Å². The molecule has 0 radical (unpaired) electrons. The molecule has 2 saturated carbocycles. The summed E-state index contributed by atoms with van der Waals surface area (Å²) in [4.78, 5) is 77.6. The number of anilines is 1. The number of esters is 1. The maximum absolute atomic E-state index is 13.9. The fraction of sp³-hybridized carbons (Fsp3) is 0.623. The molecular weight excluding hydrogens is 1000 g/mol. The monoisotopic (exact) mass is 1090 g/mol.